The van der Waals surface area contributed by atoms with Gasteiger partial charge in [-0.1, -0.05) is 54.1 Å². The highest BCUT2D eigenvalue weighted by Crippen LogP contribution is 2.20. The molecule has 0 fully saturated rings. The van der Waals surface area contributed by atoms with Crippen LogP contribution in [-0.2, 0) is 16.1 Å². The van der Waals surface area contributed by atoms with Gasteiger partial charge < -0.3 is 15.7 Å². The van der Waals surface area contributed by atoms with Crippen LogP contribution in [0.5, 0.6) is 0 Å². The Morgan fingerprint density at radius 1 is 1.08 bits per heavy atom. The van der Waals surface area contributed by atoms with Crippen molar-refractivity contribution in [2.24, 2.45) is 5.73 Å². The summed E-state index contributed by atoms with van der Waals surface area (Å²) >= 11 is 5.81. The Kier molecular flexibility index (Phi) is 6.35. The van der Waals surface area contributed by atoms with Crippen LogP contribution >= 0.6 is 11.6 Å². The number of rotatable bonds is 7. The predicted molar refractivity (Wildman–Crippen MR) is 92.1 cm³/mol. The fourth-order valence-corrected chi connectivity index (χ4v) is 2.45. The zero-order valence-electron chi connectivity index (χ0n) is 13.1. The van der Waals surface area contributed by atoms with Crippen molar-refractivity contribution in [3.05, 3.63) is 70.7 Å². The zero-order valence-corrected chi connectivity index (χ0v) is 13.8. The lowest BCUT2D eigenvalue weighted by molar-refractivity contribution is -0.137. The van der Waals surface area contributed by atoms with Gasteiger partial charge in [-0.05, 0) is 23.3 Å². The minimum absolute atomic E-state index is 0.137. The Morgan fingerprint density at radius 3 is 2.29 bits per heavy atom. The van der Waals surface area contributed by atoms with E-state index in [9.17, 15) is 14.7 Å². The zero-order chi connectivity index (χ0) is 17.5. The van der Waals surface area contributed by atoms with Gasteiger partial charge in [-0.2, -0.15) is 0 Å². The summed E-state index contributed by atoms with van der Waals surface area (Å²) in [6.07, 6.45) is -1.11. The van der Waals surface area contributed by atoms with E-state index < -0.39 is 12.0 Å². The number of aliphatic hydroxyl groups is 1. The van der Waals surface area contributed by atoms with Crippen LogP contribution in [-0.4, -0.2) is 28.4 Å². The highest BCUT2D eigenvalue weighted by molar-refractivity contribution is 6.30. The van der Waals surface area contributed by atoms with E-state index >= 15 is 0 Å². The molecule has 5 nitrogen and oxygen atoms in total. The number of benzene rings is 2. The van der Waals surface area contributed by atoms with Crippen LogP contribution in [0.4, 0.5) is 0 Å². The molecule has 2 aromatic carbocycles. The fourth-order valence-electron chi connectivity index (χ4n) is 2.32. The number of nitrogens with zero attached hydrogens (tertiary/aromatic N) is 1. The lowest BCUT2D eigenvalue weighted by atomic mass is 10.1. The second kappa shape index (κ2) is 8.47. The molecular weight excluding hydrogens is 328 g/mol. The summed E-state index contributed by atoms with van der Waals surface area (Å²) in [5, 5.41) is 10.8. The third kappa shape index (κ3) is 5.37. The maximum Gasteiger partial charge on any atom is 0.237 e. The number of amides is 2. The van der Waals surface area contributed by atoms with Crippen LogP contribution in [0.2, 0.25) is 5.02 Å². The number of nitrogens with two attached hydrogens (primary N) is 1. The molecule has 0 aliphatic heterocycles. The lowest BCUT2D eigenvalue weighted by Gasteiger charge is -2.23. The van der Waals surface area contributed by atoms with Crippen molar-refractivity contribution in [3.8, 4) is 0 Å². The van der Waals surface area contributed by atoms with Crippen LogP contribution in [0.15, 0.2) is 54.6 Å². The van der Waals surface area contributed by atoms with Crippen LogP contribution in [0.1, 0.15) is 23.7 Å². The smallest absolute Gasteiger partial charge is 0.237 e. The molecule has 3 N–H and O–H groups in total. The van der Waals surface area contributed by atoms with Crippen molar-refractivity contribution in [1.82, 2.24) is 4.90 Å². The highest BCUT2D eigenvalue weighted by atomic mass is 35.5. The quantitative estimate of drug-likeness (QED) is 0.806. The van der Waals surface area contributed by atoms with E-state index in [1.165, 1.54) is 4.90 Å². The standard InChI is InChI=1S/C18H19ClN2O3/c19-15-8-6-14(7-9-15)16(22)10-18(24)21(12-17(20)23)11-13-4-2-1-3-5-13/h1-9,16,22H,10-12H2,(H2,20,23). The Labute approximate surface area is 145 Å². The topological polar surface area (TPSA) is 83.6 Å². The number of carbonyl (C=O) groups is 2. The third-order valence-electron chi connectivity index (χ3n) is 3.54. The van der Waals surface area contributed by atoms with Crippen LogP contribution < -0.4 is 5.73 Å². The van der Waals surface area contributed by atoms with E-state index in [-0.39, 0.29) is 25.4 Å². The molecule has 0 aliphatic rings. The van der Waals surface area contributed by atoms with Crippen molar-refractivity contribution in [2.75, 3.05) is 6.54 Å². The van der Waals surface area contributed by atoms with E-state index in [0.29, 0.717) is 10.6 Å². The normalized spacial score (nSPS) is 11.8. The molecule has 1 atom stereocenters. The van der Waals surface area contributed by atoms with E-state index in [1.54, 1.807) is 24.3 Å². The minimum atomic E-state index is -0.971. The number of primary amides is 1. The van der Waals surface area contributed by atoms with Gasteiger partial charge in [-0.25, -0.2) is 0 Å². The van der Waals surface area contributed by atoms with Gasteiger partial charge in [0.1, 0.15) is 0 Å². The highest BCUT2D eigenvalue weighted by Gasteiger charge is 2.20. The molecule has 1 unspecified atom stereocenters. The molecule has 0 heterocycles. The largest absolute Gasteiger partial charge is 0.388 e. The molecule has 126 valence electrons. The van der Waals surface area contributed by atoms with Gasteiger partial charge in [0.15, 0.2) is 0 Å². The van der Waals surface area contributed by atoms with Gasteiger partial charge in [-0.3, -0.25) is 9.59 Å². The second-order valence-electron chi connectivity index (χ2n) is 5.47. The second-order valence-corrected chi connectivity index (χ2v) is 5.91. The van der Waals surface area contributed by atoms with Gasteiger partial charge in [0.25, 0.3) is 0 Å². The molecule has 6 heteroatoms. The summed E-state index contributed by atoms with van der Waals surface area (Å²) in [6, 6.07) is 15.9. The molecule has 24 heavy (non-hydrogen) atoms. The van der Waals surface area contributed by atoms with Gasteiger partial charge >= 0.3 is 0 Å². The molecule has 0 radical (unpaired) electrons. The molecule has 0 aromatic heterocycles. The molecule has 2 aromatic rings. The molecular formula is C18H19ClN2O3. The molecule has 0 saturated heterocycles. The predicted octanol–water partition coefficient (Wildman–Crippen LogP) is 2.28. The number of aliphatic hydroxyl groups excluding tert-OH is 1. The van der Waals surface area contributed by atoms with Gasteiger partial charge in [0, 0.05) is 11.6 Å². The Morgan fingerprint density at radius 2 is 1.71 bits per heavy atom. The average molecular weight is 347 g/mol. The average Bonchev–Trinajstić information content (AvgIpc) is 2.55. The first-order valence-electron chi connectivity index (χ1n) is 7.49. The summed E-state index contributed by atoms with van der Waals surface area (Å²) in [7, 11) is 0. The molecule has 0 aliphatic carbocycles. The maximum atomic E-state index is 12.5. The Hall–Kier alpha value is -2.37. The number of halogens is 1. The van der Waals surface area contributed by atoms with E-state index in [1.807, 2.05) is 30.3 Å². The summed E-state index contributed by atoms with van der Waals surface area (Å²) in [4.78, 5) is 25.1. The Bertz CT molecular complexity index is 689. The van der Waals surface area contributed by atoms with Gasteiger partial charge in [0.2, 0.25) is 11.8 Å². The molecule has 2 rings (SSSR count). The van der Waals surface area contributed by atoms with Crippen molar-refractivity contribution in [1.29, 1.82) is 0 Å². The molecule has 0 spiro atoms. The van der Waals surface area contributed by atoms with E-state index in [2.05, 4.69) is 0 Å². The fraction of sp³-hybridized carbons (Fsp3) is 0.222. The van der Waals surface area contributed by atoms with Crippen LogP contribution in [0.3, 0.4) is 0 Å². The minimum Gasteiger partial charge on any atom is -0.388 e. The Balaban J connectivity index is 2.06. The molecule has 0 bridgehead atoms. The van der Waals surface area contributed by atoms with Crippen molar-refractivity contribution in [2.45, 2.75) is 19.1 Å². The number of hydrogen-bond donors (Lipinski definition) is 2. The monoisotopic (exact) mass is 346 g/mol. The number of carbonyl (C=O) groups excluding carboxylic acids is 2. The van der Waals surface area contributed by atoms with Crippen LogP contribution in [0.25, 0.3) is 0 Å². The summed E-state index contributed by atoms with van der Waals surface area (Å²) < 4.78 is 0. The molecule has 0 saturated carbocycles. The first-order chi connectivity index (χ1) is 11.5. The molecule has 2 amide bonds. The SMILES string of the molecule is NC(=O)CN(Cc1ccccc1)C(=O)CC(O)c1ccc(Cl)cc1. The van der Waals surface area contributed by atoms with Crippen LogP contribution in [0, 0.1) is 0 Å². The van der Waals surface area contributed by atoms with Crippen molar-refractivity contribution < 1.29 is 14.7 Å². The summed E-state index contributed by atoms with van der Waals surface area (Å²) in [6.45, 7) is 0.0665. The number of hydrogen-bond acceptors (Lipinski definition) is 3. The van der Waals surface area contributed by atoms with E-state index in [4.69, 9.17) is 17.3 Å². The first kappa shape index (κ1) is 18.0. The maximum absolute atomic E-state index is 12.5. The third-order valence-corrected chi connectivity index (χ3v) is 3.79. The summed E-state index contributed by atoms with van der Waals surface area (Å²) in [5.74, 6) is -0.944. The summed E-state index contributed by atoms with van der Waals surface area (Å²) in [5.41, 5.74) is 6.71. The first-order valence-corrected chi connectivity index (χ1v) is 7.87. The van der Waals surface area contributed by atoms with Gasteiger partial charge in [-0.15, -0.1) is 0 Å². The van der Waals surface area contributed by atoms with E-state index in [0.717, 1.165) is 5.56 Å². The van der Waals surface area contributed by atoms with Gasteiger partial charge in [0.05, 0.1) is 19.1 Å². The van der Waals surface area contributed by atoms with Crippen molar-refractivity contribution >= 4 is 23.4 Å². The van der Waals surface area contributed by atoms with Crippen molar-refractivity contribution in [3.63, 3.8) is 0 Å². The lowest BCUT2D eigenvalue weighted by Crippen LogP contribution is -2.38.